The molecule has 44 heavy (non-hydrogen) atoms. The first-order chi connectivity index (χ1) is 20.9. The number of sulfonamides is 1. The number of benzene rings is 2. The molecule has 6 atom stereocenters. The molecule has 2 aromatic carbocycles. The quantitative estimate of drug-likeness (QED) is 0.368. The maximum Gasteiger partial charge on any atom is 0.264 e. The van der Waals surface area contributed by atoms with Crippen molar-refractivity contribution in [1.82, 2.24) is 4.72 Å². The van der Waals surface area contributed by atoms with Gasteiger partial charge in [-0.1, -0.05) is 50.1 Å². The van der Waals surface area contributed by atoms with Gasteiger partial charge in [0.2, 0.25) is 10.0 Å². The fraction of sp³-hybridized carbons (Fsp3) is 0.571. The van der Waals surface area contributed by atoms with Gasteiger partial charge >= 0.3 is 0 Å². The summed E-state index contributed by atoms with van der Waals surface area (Å²) in [7, 11) is -3.94. The lowest BCUT2D eigenvalue weighted by Gasteiger charge is -2.49. The number of aryl methyl sites for hydroxylation is 1. The number of ether oxygens (including phenoxy) is 1. The van der Waals surface area contributed by atoms with Gasteiger partial charge in [0.15, 0.2) is 0 Å². The Bertz CT molecular complexity index is 1560. The van der Waals surface area contributed by atoms with Gasteiger partial charge in [0.25, 0.3) is 5.91 Å². The lowest BCUT2D eigenvalue weighted by atomic mass is 9.63. The molecule has 7 nitrogen and oxygen atoms in total. The third-order valence-electron chi connectivity index (χ3n) is 10.9. The molecule has 4 aliphatic rings. The van der Waals surface area contributed by atoms with E-state index in [1.54, 1.807) is 25.1 Å². The molecule has 2 aliphatic carbocycles. The zero-order chi connectivity index (χ0) is 31.3. The SMILES string of the molecule is CCC[C@]1(O)/C=C\C[C@H](C)[C@@H](C)S(=O)(=O)NC(=O)c2ccc3c(c2)N(C[C@@H]2CC[C@H]21)C[C@@]1(CCCc2cc(Cl)ccc21)CO3. The van der Waals surface area contributed by atoms with Crippen LogP contribution in [0.4, 0.5) is 5.69 Å². The highest BCUT2D eigenvalue weighted by Crippen LogP contribution is 2.49. The number of carbonyl (C=O) groups is 1. The lowest BCUT2D eigenvalue weighted by molar-refractivity contribution is -0.0510. The fourth-order valence-corrected chi connectivity index (χ4v) is 9.52. The van der Waals surface area contributed by atoms with Crippen molar-refractivity contribution < 1.29 is 23.1 Å². The molecule has 2 N–H and O–H groups in total. The smallest absolute Gasteiger partial charge is 0.264 e. The van der Waals surface area contributed by atoms with E-state index in [1.165, 1.54) is 11.1 Å². The number of nitrogens with one attached hydrogen (secondary N) is 1. The minimum atomic E-state index is -3.94. The summed E-state index contributed by atoms with van der Waals surface area (Å²) in [5.74, 6) is 0.160. The van der Waals surface area contributed by atoms with Crippen LogP contribution >= 0.6 is 11.6 Å². The van der Waals surface area contributed by atoms with E-state index >= 15 is 0 Å². The molecule has 1 amide bonds. The van der Waals surface area contributed by atoms with Gasteiger partial charge in [-0.2, -0.15) is 0 Å². The van der Waals surface area contributed by atoms with Crippen LogP contribution in [0, 0.1) is 17.8 Å². The molecule has 2 aromatic rings. The number of nitrogens with zero attached hydrogens (tertiary/aromatic N) is 1. The fourth-order valence-electron chi connectivity index (χ4n) is 8.04. The van der Waals surface area contributed by atoms with E-state index in [-0.39, 0.29) is 28.7 Å². The lowest BCUT2D eigenvalue weighted by Crippen LogP contribution is -2.52. The standard InChI is InChI=1S/C35H45ClN2O5S/c1-4-15-35(40)17-5-7-23(2)24(3)44(41,42)37-33(39)26-10-14-32-31(19-26)38(20-27-9-12-30(27)35)21-34(22-43-32)16-6-8-25-18-28(36)11-13-29(25)34/h5,10-11,13-14,17-19,23-24,27,30,40H,4,6-9,12,15-16,20-22H2,1-3H3,(H,37,39)/b17-5-/t23-,24+,27-,30+,34-,35-/m0/s1. The molecule has 2 heterocycles. The summed E-state index contributed by atoms with van der Waals surface area (Å²) in [5, 5.41) is 12.0. The van der Waals surface area contributed by atoms with E-state index in [9.17, 15) is 18.3 Å². The molecule has 1 fully saturated rings. The molecule has 0 unspecified atom stereocenters. The van der Waals surface area contributed by atoms with Gasteiger partial charge in [-0.15, -0.1) is 0 Å². The van der Waals surface area contributed by atoms with Gasteiger partial charge in [-0.3, -0.25) is 4.79 Å². The average molecular weight is 641 g/mol. The average Bonchev–Trinajstić information content (AvgIpc) is 3.11. The second kappa shape index (κ2) is 12.0. The summed E-state index contributed by atoms with van der Waals surface area (Å²) in [4.78, 5) is 15.8. The highest BCUT2D eigenvalue weighted by Gasteiger charge is 2.47. The molecule has 9 heteroatoms. The van der Waals surface area contributed by atoms with Crippen LogP contribution in [0.1, 0.15) is 87.2 Å². The number of fused-ring (bicyclic) bond motifs is 4. The second-order valence-corrected chi connectivity index (χ2v) is 16.2. The van der Waals surface area contributed by atoms with Crippen LogP contribution in [0.3, 0.4) is 0 Å². The Kier molecular flexibility index (Phi) is 8.57. The first-order valence-corrected chi connectivity index (χ1v) is 18.1. The first kappa shape index (κ1) is 31.4. The van der Waals surface area contributed by atoms with Crippen molar-refractivity contribution in [1.29, 1.82) is 0 Å². The van der Waals surface area contributed by atoms with E-state index in [0.29, 0.717) is 38.3 Å². The summed E-state index contributed by atoms with van der Waals surface area (Å²) in [6, 6.07) is 11.4. The van der Waals surface area contributed by atoms with Gasteiger partial charge in [-0.05, 0) is 111 Å². The Morgan fingerprint density at radius 3 is 2.73 bits per heavy atom. The van der Waals surface area contributed by atoms with Crippen molar-refractivity contribution in [2.45, 2.75) is 88.4 Å². The van der Waals surface area contributed by atoms with Crippen molar-refractivity contribution in [3.63, 3.8) is 0 Å². The summed E-state index contributed by atoms with van der Waals surface area (Å²) >= 11 is 6.42. The number of aliphatic hydroxyl groups is 1. The normalized spacial score (nSPS) is 34.0. The van der Waals surface area contributed by atoms with E-state index in [4.69, 9.17) is 16.3 Å². The summed E-state index contributed by atoms with van der Waals surface area (Å²) in [6.07, 6.45) is 10.8. The number of hydrogen-bond donors (Lipinski definition) is 2. The number of allylic oxidation sites excluding steroid dienone is 1. The number of rotatable bonds is 2. The topological polar surface area (TPSA) is 95.9 Å². The highest BCUT2D eigenvalue weighted by molar-refractivity contribution is 7.90. The summed E-state index contributed by atoms with van der Waals surface area (Å²) in [6.45, 7) is 7.51. The minimum Gasteiger partial charge on any atom is -0.490 e. The Hall–Kier alpha value is -2.55. The van der Waals surface area contributed by atoms with Crippen molar-refractivity contribution in [2.75, 3.05) is 24.6 Å². The Labute approximate surface area is 267 Å². The number of amides is 1. The van der Waals surface area contributed by atoms with Gasteiger partial charge in [0.1, 0.15) is 5.75 Å². The van der Waals surface area contributed by atoms with Crippen LogP contribution in [-0.2, 0) is 21.9 Å². The molecular formula is C35H45ClN2O5S. The third kappa shape index (κ3) is 5.78. The van der Waals surface area contributed by atoms with Crippen LogP contribution in [0.15, 0.2) is 48.6 Å². The molecule has 6 rings (SSSR count). The highest BCUT2D eigenvalue weighted by atomic mass is 35.5. The summed E-state index contributed by atoms with van der Waals surface area (Å²) in [5.41, 5.74) is 2.37. The van der Waals surface area contributed by atoms with Crippen LogP contribution in [0.25, 0.3) is 0 Å². The van der Waals surface area contributed by atoms with E-state index in [0.717, 1.165) is 49.2 Å². The predicted molar refractivity (Wildman–Crippen MR) is 175 cm³/mol. The molecule has 1 spiro atoms. The molecule has 0 aromatic heterocycles. The van der Waals surface area contributed by atoms with Gasteiger partial charge < -0.3 is 14.7 Å². The van der Waals surface area contributed by atoms with Crippen molar-refractivity contribution in [3.8, 4) is 5.75 Å². The van der Waals surface area contributed by atoms with Crippen LogP contribution in [0.5, 0.6) is 5.75 Å². The first-order valence-electron chi connectivity index (χ1n) is 16.2. The van der Waals surface area contributed by atoms with E-state index < -0.39 is 26.8 Å². The number of anilines is 1. The van der Waals surface area contributed by atoms with E-state index in [2.05, 4.69) is 28.7 Å². The second-order valence-electron chi connectivity index (χ2n) is 13.8. The van der Waals surface area contributed by atoms with E-state index in [1.807, 2.05) is 25.1 Å². The zero-order valence-corrected chi connectivity index (χ0v) is 27.6. The van der Waals surface area contributed by atoms with Crippen molar-refractivity contribution in [2.24, 2.45) is 17.8 Å². The van der Waals surface area contributed by atoms with Crippen LogP contribution in [0.2, 0.25) is 5.02 Å². The third-order valence-corrected chi connectivity index (χ3v) is 13.1. The van der Waals surface area contributed by atoms with Crippen molar-refractivity contribution >= 4 is 33.2 Å². The Morgan fingerprint density at radius 1 is 1.16 bits per heavy atom. The Balaban J connectivity index is 1.45. The van der Waals surface area contributed by atoms with Crippen molar-refractivity contribution in [3.05, 3.63) is 70.3 Å². The van der Waals surface area contributed by atoms with Crippen LogP contribution in [-0.4, -0.2) is 50.0 Å². The molecule has 2 bridgehead atoms. The number of carbonyl (C=O) groups excluding carboxylic acids is 1. The predicted octanol–water partition coefficient (Wildman–Crippen LogP) is 6.41. The van der Waals surface area contributed by atoms with Gasteiger partial charge in [0.05, 0.1) is 23.1 Å². The largest absolute Gasteiger partial charge is 0.490 e. The maximum atomic E-state index is 13.4. The van der Waals surface area contributed by atoms with Gasteiger partial charge in [0, 0.05) is 29.1 Å². The molecule has 0 radical (unpaired) electrons. The number of halogens is 1. The monoisotopic (exact) mass is 640 g/mol. The van der Waals surface area contributed by atoms with Gasteiger partial charge in [-0.25, -0.2) is 13.1 Å². The molecular weight excluding hydrogens is 596 g/mol. The number of hydrogen-bond acceptors (Lipinski definition) is 6. The summed E-state index contributed by atoms with van der Waals surface area (Å²) < 4.78 is 35.5. The molecule has 2 aliphatic heterocycles. The molecule has 238 valence electrons. The maximum absolute atomic E-state index is 13.4. The minimum absolute atomic E-state index is 0.0931. The zero-order valence-electron chi connectivity index (χ0n) is 26.0. The molecule has 0 saturated heterocycles. The van der Waals surface area contributed by atoms with Crippen LogP contribution < -0.4 is 14.4 Å². The molecule has 1 saturated carbocycles. The Morgan fingerprint density at radius 2 is 1.98 bits per heavy atom.